The first-order valence-electron chi connectivity index (χ1n) is 12.3. The van der Waals surface area contributed by atoms with Crippen LogP contribution in [0.4, 0.5) is 0 Å². The van der Waals surface area contributed by atoms with Gasteiger partial charge in [-0.1, -0.05) is 47.8 Å². The third-order valence-electron chi connectivity index (χ3n) is 7.76. The summed E-state index contributed by atoms with van der Waals surface area (Å²) in [6.45, 7) is 6.22. The van der Waals surface area contributed by atoms with E-state index >= 15 is 0 Å². The Bertz CT molecular complexity index is 933. The highest BCUT2D eigenvalue weighted by Crippen LogP contribution is 2.41. The summed E-state index contributed by atoms with van der Waals surface area (Å²) < 4.78 is 0. The van der Waals surface area contributed by atoms with Crippen LogP contribution in [0.5, 0.6) is 0 Å². The molecule has 0 bridgehead atoms. The number of carbonyl (C=O) groups is 2. The quantitative estimate of drug-likeness (QED) is 0.503. The van der Waals surface area contributed by atoms with Gasteiger partial charge in [-0.15, -0.1) is 0 Å². The molecule has 0 aromatic heterocycles. The van der Waals surface area contributed by atoms with Gasteiger partial charge in [0, 0.05) is 60.9 Å². The molecular weight excluding hydrogens is 473 g/mol. The van der Waals surface area contributed by atoms with E-state index in [1.54, 1.807) is 18.2 Å². The van der Waals surface area contributed by atoms with Crippen molar-refractivity contribution in [2.45, 2.75) is 58.0 Å². The number of allylic oxidation sites excluding steroid dienone is 1. The number of hydrogen-bond acceptors (Lipinski definition) is 4. The lowest BCUT2D eigenvalue weighted by Crippen LogP contribution is -2.51. The molecule has 1 aromatic carbocycles. The molecule has 1 aliphatic carbocycles. The van der Waals surface area contributed by atoms with Crippen LogP contribution in [0.2, 0.25) is 10.0 Å². The summed E-state index contributed by atoms with van der Waals surface area (Å²) >= 11 is 12.7. The van der Waals surface area contributed by atoms with Crippen molar-refractivity contribution >= 4 is 35.1 Å². The Hall–Kier alpha value is -1.60. The van der Waals surface area contributed by atoms with Gasteiger partial charge in [0.2, 0.25) is 5.91 Å². The number of likely N-dealkylation sites (tertiary alicyclic amines) is 2. The highest BCUT2D eigenvalue weighted by Gasteiger charge is 2.52. The average Bonchev–Trinajstić information content (AvgIpc) is 3.35. The SMILES string of the molecule is C[C@@H]1CN(Cc2c(Cl)cccc2Cl)C[C@]1(CC(=O)O)C(=O)N[C@H]1CCN(CC2=CCCCC2)C1. The molecule has 2 heterocycles. The van der Waals surface area contributed by atoms with Gasteiger partial charge < -0.3 is 10.4 Å². The molecular formula is C26H35Cl2N3O3. The summed E-state index contributed by atoms with van der Waals surface area (Å²) in [4.78, 5) is 30.0. The molecule has 6 nitrogen and oxygen atoms in total. The number of carboxylic acids is 1. The van der Waals surface area contributed by atoms with Crippen LogP contribution in [-0.2, 0) is 16.1 Å². The predicted octanol–water partition coefficient (Wildman–Crippen LogP) is 4.60. The molecule has 34 heavy (non-hydrogen) atoms. The summed E-state index contributed by atoms with van der Waals surface area (Å²) in [5.41, 5.74) is 1.35. The van der Waals surface area contributed by atoms with Crippen LogP contribution in [-0.4, -0.2) is 65.5 Å². The Kier molecular flexibility index (Phi) is 8.24. The van der Waals surface area contributed by atoms with E-state index in [9.17, 15) is 14.7 Å². The number of halogens is 2. The summed E-state index contributed by atoms with van der Waals surface area (Å²) in [5.74, 6) is -1.19. The molecule has 1 amide bonds. The maximum atomic E-state index is 13.6. The lowest BCUT2D eigenvalue weighted by molar-refractivity contribution is -0.146. The molecule has 8 heteroatoms. The lowest BCUT2D eigenvalue weighted by Gasteiger charge is -2.32. The zero-order chi connectivity index (χ0) is 24.3. The van der Waals surface area contributed by atoms with E-state index in [1.807, 2.05) is 6.92 Å². The Balaban J connectivity index is 1.42. The fourth-order valence-electron chi connectivity index (χ4n) is 5.84. The summed E-state index contributed by atoms with van der Waals surface area (Å²) in [7, 11) is 0. The predicted molar refractivity (Wildman–Crippen MR) is 135 cm³/mol. The maximum Gasteiger partial charge on any atom is 0.304 e. The molecule has 2 N–H and O–H groups in total. The van der Waals surface area contributed by atoms with Crippen molar-refractivity contribution < 1.29 is 14.7 Å². The minimum atomic E-state index is -0.973. The van der Waals surface area contributed by atoms with Crippen LogP contribution in [0.1, 0.15) is 51.0 Å². The van der Waals surface area contributed by atoms with Crippen LogP contribution >= 0.6 is 23.2 Å². The summed E-state index contributed by atoms with van der Waals surface area (Å²) in [6, 6.07) is 5.46. The second-order valence-corrected chi connectivity index (χ2v) is 11.1. The van der Waals surface area contributed by atoms with Gasteiger partial charge in [0.05, 0.1) is 11.8 Å². The first-order valence-corrected chi connectivity index (χ1v) is 13.1. The van der Waals surface area contributed by atoms with E-state index in [2.05, 4.69) is 21.2 Å². The van der Waals surface area contributed by atoms with Crippen molar-refractivity contribution in [2.75, 3.05) is 32.7 Å². The Labute approximate surface area is 212 Å². The number of carbonyl (C=O) groups excluding carboxylic acids is 1. The molecule has 2 aliphatic heterocycles. The number of benzene rings is 1. The normalized spacial score (nSPS) is 28.1. The van der Waals surface area contributed by atoms with E-state index in [1.165, 1.54) is 31.3 Å². The minimum absolute atomic E-state index is 0.0571. The van der Waals surface area contributed by atoms with Gasteiger partial charge in [-0.3, -0.25) is 19.4 Å². The zero-order valence-corrected chi connectivity index (χ0v) is 21.4. The van der Waals surface area contributed by atoms with E-state index in [0.29, 0.717) is 29.7 Å². The molecule has 2 saturated heterocycles. The van der Waals surface area contributed by atoms with Crippen LogP contribution in [0, 0.1) is 11.3 Å². The van der Waals surface area contributed by atoms with Crippen molar-refractivity contribution in [2.24, 2.45) is 11.3 Å². The molecule has 0 spiro atoms. The van der Waals surface area contributed by atoms with Gasteiger partial charge in [0.25, 0.3) is 0 Å². The first kappa shape index (κ1) is 25.5. The van der Waals surface area contributed by atoms with Crippen LogP contribution in [0.3, 0.4) is 0 Å². The second-order valence-electron chi connectivity index (χ2n) is 10.3. The van der Waals surface area contributed by atoms with Crippen molar-refractivity contribution in [1.82, 2.24) is 15.1 Å². The van der Waals surface area contributed by atoms with E-state index in [4.69, 9.17) is 23.2 Å². The third kappa shape index (κ3) is 5.78. The highest BCUT2D eigenvalue weighted by molar-refractivity contribution is 6.35. The molecule has 2 fully saturated rings. The molecule has 186 valence electrons. The van der Waals surface area contributed by atoms with E-state index in [-0.39, 0.29) is 24.3 Å². The van der Waals surface area contributed by atoms with Gasteiger partial charge >= 0.3 is 5.97 Å². The van der Waals surface area contributed by atoms with Gasteiger partial charge in [0.1, 0.15) is 0 Å². The Morgan fingerprint density at radius 1 is 1.15 bits per heavy atom. The first-order chi connectivity index (χ1) is 16.3. The number of aliphatic carboxylic acids is 1. The Morgan fingerprint density at radius 3 is 2.59 bits per heavy atom. The number of nitrogens with one attached hydrogen (secondary N) is 1. The molecule has 1 aromatic rings. The average molecular weight is 508 g/mol. The van der Waals surface area contributed by atoms with Gasteiger partial charge in [-0.2, -0.15) is 0 Å². The van der Waals surface area contributed by atoms with Gasteiger partial charge in [-0.05, 0) is 50.2 Å². The summed E-state index contributed by atoms with van der Waals surface area (Å²) in [6.07, 6.45) is 7.99. The van der Waals surface area contributed by atoms with Crippen molar-refractivity contribution in [3.63, 3.8) is 0 Å². The maximum absolute atomic E-state index is 13.6. The number of nitrogens with zero attached hydrogens (tertiary/aromatic N) is 2. The summed E-state index contributed by atoms with van der Waals surface area (Å²) in [5, 5.41) is 14.1. The standard InChI is InChI=1S/C26H35Cl2N3O3/c1-18-13-31(16-21-22(27)8-5-9-23(21)28)17-26(18,12-24(32)33)25(34)29-20-10-11-30(15-20)14-19-6-3-2-4-7-19/h5-6,8-9,18,20H,2-4,7,10-17H2,1H3,(H,29,34)(H,32,33)/t18-,20+,26+/m1/s1. The fourth-order valence-corrected chi connectivity index (χ4v) is 6.36. The van der Waals surface area contributed by atoms with Crippen LogP contribution in [0.15, 0.2) is 29.8 Å². The number of rotatable bonds is 8. The van der Waals surface area contributed by atoms with Crippen LogP contribution < -0.4 is 5.32 Å². The molecule has 0 unspecified atom stereocenters. The molecule has 4 rings (SSSR count). The fraction of sp³-hybridized carbons (Fsp3) is 0.615. The van der Waals surface area contributed by atoms with E-state index in [0.717, 1.165) is 31.6 Å². The number of amides is 1. The lowest BCUT2D eigenvalue weighted by atomic mass is 9.75. The zero-order valence-electron chi connectivity index (χ0n) is 19.9. The van der Waals surface area contributed by atoms with Crippen molar-refractivity contribution in [3.8, 4) is 0 Å². The molecule has 3 aliphatic rings. The Morgan fingerprint density at radius 2 is 1.91 bits per heavy atom. The second kappa shape index (κ2) is 11.0. The minimum Gasteiger partial charge on any atom is -0.481 e. The highest BCUT2D eigenvalue weighted by atomic mass is 35.5. The molecule has 0 radical (unpaired) electrons. The number of hydrogen-bond donors (Lipinski definition) is 2. The smallest absolute Gasteiger partial charge is 0.304 e. The van der Waals surface area contributed by atoms with E-state index < -0.39 is 11.4 Å². The van der Waals surface area contributed by atoms with Crippen molar-refractivity contribution in [1.29, 1.82) is 0 Å². The molecule has 0 saturated carbocycles. The third-order valence-corrected chi connectivity index (χ3v) is 8.47. The largest absolute Gasteiger partial charge is 0.481 e. The van der Waals surface area contributed by atoms with Crippen molar-refractivity contribution in [3.05, 3.63) is 45.5 Å². The monoisotopic (exact) mass is 507 g/mol. The number of carboxylic acid groups (broad SMARTS) is 1. The molecule has 3 atom stereocenters. The van der Waals surface area contributed by atoms with Crippen LogP contribution in [0.25, 0.3) is 0 Å². The topological polar surface area (TPSA) is 72.9 Å². The van der Waals surface area contributed by atoms with Gasteiger partial charge in [-0.25, -0.2) is 0 Å². The van der Waals surface area contributed by atoms with Gasteiger partial charge in [0.15, 0.2) is 0 Å².